The molecule has 2 aromatic carbocycles. The van der Waals surface area contributed by atoms with Crippen LogP contribution in [0.1, 0.15) is 27.7 Å². The van der Waals surface area contributed by atoms with Crippen LogP contribution in [0.3, 0.4) is 0 Å². The van der Waals surface area contributed by atoms with E-state index in [1.54, 1.807) is 23.8 Å². The van der Waals surface area contributed by atoms with Crippen LogP contribution in [0.5, 0.6) is 0 Å². The summed E-state index contributed by atoms with van der Waals surface area (Å²) in [4.78, 5) is 15.4. The predicted molar refractivity (Wildman–Crippen MR) is 91.8 cm³/mol. The minimum absolute atomic E-state index is 0.0354. The highest BCUT2D eigenvalue weighted by molar-refractivity contribution is 5.91. The summed E-state index contributed by atoms with van der Waals surface area (Å²) in [6.45, 7) is 0. The average molecular weight is 319 g/mol. The third-order valence-corrected chi connectivity index (χ3v) is 3.67. The van der Waals surface area contributed by atoms with E-state index in [0.29, 0.717) is 0 Å². The lowest BCUT2D eigenvalue weighted by molar-refractivity contribution is 0.0701. The third kappa shape index (κ3) is 3.59. The quantitative estimate of drug-likeness (QED) is 0.498. The minimum atomic E-state index is -0.635. The van der Waals surface area contributed by atoms with Crippen LogP contribution >= 0.6 is 0 Å². The predicted octanol–water partition coefficient (Wildman–Crippen LogP) is 3.40. The lowest BCUT2D eigenvalue weighted by atomic mass is 9.98. The van der Waals surface area contributed by atoms with Gasteiger partial charge in [-0.05, 0) is 23.3 Å². The van der Waals surface area contributed by atoms with Crippen LogP contribution in [0.15, 0.2) is 79.0 Å². The number of pyridine rings is 1. The number of aromatic nitrogens is 1. The molecule has 3 aromatic rings. The summed E-state index contributed by atoms with van der Waals surface area (Å²) in [7, 11) is 0. The molecule has 1 aromatic heterocycles. The Morgan fingerprint density at radius 2 is 1.46 bits per heavy atom. The number of hydrogen-bond donors (Lipinski definition) is 3. The molecule has 0 unspecified atom stereocenters. The molecular weight excluding hydrogens is 302 g/mol. The number of carbonyl (C=O) groups is 1. The molecule has 3 N–H and O–H groups in total. The zero-order valence-corrected chi connectivity index (χ0v) is 12.9. The number of hydrogen-bond acceptors (Lipinski definition) is 4. The van der Waals surface area contributed by atoms with Crippen molar-refractivity contribution in [3.63, 3.8) is 0 Å². The Morgan fingerprint density at radius 1 is 0.875 bits per heavy atom. The molecule has 3 rings (SSSR count). The molecular formula is C19H17N3O2. The number of amides is 1. The highest BCUT2D eigenvalue weighted by Crippen LogP contribution is 2.26. The number of nitrogens with one attached hydrogen (secondary N) is 2. The second kappa shape index (κ2) is 7.39. The zero-order chi connectivity index (χ0) is 16.8. The molecule has 5 nitrogen and oxygen atoms in total. The van der Waals surface area contributed by atoms with Gasteiger partial charge < -0.3 is 5.32 Å². The number of anilines is 1. The average Bonchev–Trinajstić information content (AvgIpc) is 2.67. The van der Waals surface area contributed by atoms with Crippen LogP contribution in [0, 0.1) is 0 Å². The summed E-state index contributed by atoms with van der Waals surface area (Å²) in [6.07, 6.45) is 1.57. The van der Waals surface area contributed by atoms with Crippen molar-refractivity contribution in [3.05, 3.63) is 95.8 Å². The lowest BCUT2D eigenvalue weighted by Crippen LogP contribution is -2.20. The van der Waals surface area contributed by atoms with E-state index >= 15 is 0 Å². The van der Waals surface area contributed by atoms with Crippen LogP contribution in [-0.4, -0.2) is 16.1 Å². The number of hydroxylamine groups is 1. The number of benzene rings is 2. The molecule has 0 aliphatic rings. The van der Waals surface area contributed by atoms with Crippen molar-refractivity contribution < 1.29 is 10.0 Å². The Kier molecular flexibility index (Phi) is 4.84. The van der Waals surface area contributed by atoms with E-state index in [4.69, 9.17) is 5.21 Å². The van der Waals surface area contributed by atoms with E-state index < -0.39 is 5.91 Å². The second-order valence-corrected chi connectivity index (χ2v) is 5.27. The van der Waals surface area contributed by atoms with E-state index in [0.717, 1.165) is 16.8 Å². The first-order valence-electron chi connectivity index (χ1n) is 7.55. The fraction of sp³-hybridized carbons (Fsp3) is 0.0526. The fourth-order valence-electron chi connectivity index (χ4n) is 2.49. The van der Waals surface area contributed by atoms with Crippen molar-refractivity contribution in [2.45, 2.75) is 6.04 Å². The first-order chi connectivity index (χ1) is 11.8. The van der Waals surface area contributed by atoms with Crippen LogP contribution in [-0.2, 0) is 0 Å². The van der Waals surface area contributed by atoms with Crippen LogP contribution in [0.4, 0.5) is 5.69 Å². The van der Waals surface area contributed by atoms with Crippen molar-refractivity contribution in [1.29, 1.82) is 0 Å². The number of nitrogens with zero attached hydrogens (tertiary/aromatic N) is 1. The normalized spacial score (nSPS) is 10.4. The maximum absolute atomic E-state index is 11.3. The van der Waals surface area contributed by atoms with Gasteiger partial charge in [-0.1, -0.05) is 60.7 Å². The Bertz CT molecular complexity index is 750. The molecule has 0 spiro atoms. The van der Waals surface area contributed by atoms with Crippen molar-refractivity contribution in [2.24, 2.45) is 0 Å². The van der Waals surface area contributed by atoms with Crippen molar-refractivity contribution in [2.75, 3.05) is 5.32 Å². The van der Waals surface area contributed by atoms with Crippen LogP contribution in [0.2, 0.25) is 0 Å². The summed E-state index contributed by atoms with van der Waals surface area (Å²) in [6, 6.07) is 23.5. The van der Waals surface area contributed by atoms with Crippen LogP contribution < -0.4 is 10.8 Å². The maximum Gasteiger partial charge on any atom is 0.293 e. The molecule has 0 aliphatic heterocycles. The molecule has 5 heteroatoms. The van der Waals surface area contributed by atoms with Gasteiger partial charge in [0.1, 0.15) is 5.69 Å². The summed E-state index contributed by atoms with van der Waals surface area (Å²) in [5.41, 5.74) is 4.75. The smallest absolute Gasteiger partial charge is 0.293 e. The summed E-state index contributed by atoms with van der Waals surface area (Å²) in [5.74, 6) is -0.635. The number of rotatable bonds is 5. The third-order valence-electron chi connectivity index (χ3n) is 3.67. The van der Waals surface area contributed by atoms with E-state index in [2.05, 4.69) is 34.6 Å². The minimum Gasteiger partial charge on any atom is -0.373 e. The summed E-state index contributed by atoms with van der Waals surface area (Å²) in [5, 5.41) is 12.1. The Hall–Kier alpha value is -3.18. The van der Waals surface area contributed by atoms with Gasteiger partial charge >= 0.3 is 0 Å². The molecule has 0 aliphatic carbocycles. The van der Waals surface area contributed by atoms with Gasteiger partial charge in [-0.3, -0.25) is 10.0 Å². The molecule has 0 atom stereocenters. The SMILES string of the molecule is O=C(NO)c1ccc(NC(c2ccccc2)c2ccccc2)cn1. The highest BCUT2D eigenvalue weighted by Gasteiger charge is 2.14. The molecule has 0 saturated carbocycles. The van der Waals surface area contributed by atoms with E-state index in [1.807, 2.05) is 36.4 Å². The van der Waals surface area contributed by atoms with Crippen molar-refractivity contribution in [1.82, 2.24) is 10.5 Å². The van der Waals surface area contributed by atoms with Gasteiger partial charge in [-0.2, -0.15) is 0 Å². The Morgan fingerprint density at radius 3 is 1.92 bits per heavy atom. The molecule has 0 bridgehead atoms. The van der Waals surface area contributed by atoms with Crippen LogP contribution in [0.25, 0.3) is 0 Å². The van der Waals surface area contributed by atoms with Gasteiger partial charge in [-0.15, -0.1) is 0 Å². The molecule has 0 radical (unpaired) electrons. The maximum atomic E-state index is 11.3. The molecule has 0 saturated heterocycles. The van der Waals surface area contributed by atoms with Gasteiger partial charge in [-0.25, -0.2) is 10.5 Å². The Labute approximate surface area is 140 Å². The summed E-state index contributed by atoms with van der Waals surface area (Å²) >= 11 is 0. The summed E-state index contributed by atoms with van der Waals surface area (Å²) < 4.78 is 0. The van der Waals surface area contributed by atoms with Gasteiger partial charge in [0.15, 0.2) is 0 Å². The molecule has 1 amide bonds. The lowest BCUT2D eigenvalue weighted by Gasteiger charge is -2.21. The molecule has 24 heavy (non-hydrogen) atoms. The zero-order valence-electron chi connectivity index (χ0n) is 12.9. The molecule has 0 fully saturated rings. The first kappa shape index (κ1) is 15.7. The first-order valence-corrected chi connectivity index (χ1v) is 7.55. The van der Waals surface area contributed by atoms with Gasteiger partial charge in [0, 0.05) is 0 Å². The van der Waals surface area contributed by atoms with E-state index in [1.165, 1.54) is 0 Å². The van der Waals surface area contributed by atoms with Crippen molar-refractivity contribution >= 4 is 11.6 Å². The van der Waals surface area contributed by atoms with Gasteiger partial charge in [0.2, 0.25) is 0 Å². The van der Waals surface area contributed by atoms with Gasteiger partial charge in [0.05, 0.1) is 17.9 Å². The van der Waals surface area contributed by atoms with E-state index in [-0.39, 0.29) is 11.7 Å². The van der Waals surface area contributed by atoms with Crippen molar-refractivity contribution in [3.8, 4) is 0 Å². The van der Waals surface area contributed by atoms with E-state index in [9.17, 15) is 4.79 Å². The Balaban J connectivity index is 1.89. The second-order valence-electron chi connectivity index (χ2n) is 5.27. The fourth-order valence-corrected chi connectivity index (χ4v) is 2.49. The molecule has 120 valence electrons. The number of carbonyl (C=O) groups excluding carboxylic acids is 1. The highest BCUT2D eigenvalue weighted by atomic mass is 16.5. The topological polar surface area (TPSA) is 74.2 Å². The van der Waals surface area contributed by atoms with Gasteiger partial charge in [0.25, 0.3) is 5.91 Å². The molecule has 1 heterocycles. The monoisotopic (exact) mass is 319 g/mol. The largest absolute Gasteiger partial charge is 0.373 e. The standard InChI is InChI=1S/C19H17N3O2/c23-19(22-24)17-12-11-16(13-20-17)21-18(14-7-3-1-4-8-14)15-9-5-2-6-10-15/h1-13,18,21,24H,(H,22,23).